The fraction of sp³-hybridized carbons (Fsp3) is 0.429. The third kappa shape index (κ3) is 2.73. The molecule has 19 heavy (non-hydrogen) atoms. The van der Waals surface area contributed by atoms with Crippen LogP contribution in [0.4, 0.5) is 5.69 Å². The number of para-hydroxylation sites is 1. The molecule has 1 fully saturated rings. The minimum Gasteiger partial charge on any atom is -0.441 e. The molecule has 4 nitrogen and oxygen atoms in total. The number of rotatable bonds is 3. The molecule has 0 radical (unpaired) electrons. The summed E-state index contributed by atoms with van der Waals surface area (Å²) in [6.45, 7) is 3.62. The SMILES string of the molecule is [2H]C([2H])(Cl)C(=O)N(c1c(C)cccc1C)C1CCC(=O)O1. The third-order valence-corrected chi connectivity index (χ3v) is 3.29. The number of cyclic esters (lactones) is 1. The first-order chi connectivity index (χ1) is 9.71. The number of hydrogen-bond acceptors (Lipinski definition) is 3. The zero-order chi connectivity index (χ0) is 15.8. The number of aryl methyl sites for hydroxylation is 2. The van der Waals surface area contributed by atoms with Crippen molar-refractivity contribution in [1.29, 1.82) is 0 Å². The topological polar surface area (TPSA) is 46.6 Å². The van der Waals surface area contributed by atoms with Gasteiger partial charge in [-0.05, 0) is 25.0 Å². The van der Waals surface area contributed by atoms with E-state index in [1.54, 1.807) is 0 Å². The summed E-state index contributed by atoms with van der Waals surface area (Å²) in [7, 11) is 0. The maximum absolute atomic E-state index is 12.4. The van der Waals surface area contributed by atoms with Crippen molar-refractivity contribution in [3.63, 3.8) is 0 Å². The van der Waals surface area contributed by atoms with Crippen molar-refractivity contribution in [2.45, 2.75) is 32.9 Å². The van der Waals surface area contributed by atoms with Crippen molar-refractivity contribution in [2.24, 2.45) is 0 Å². The van der Waals surface area contributed by atoms with Gasteiger partial charge in [0.1, 0.15) is 5.83 Å². The Bertz CT molecular complexity index is 566. The predicted octanol–water partition coefficient (Wildman–Crippen LogP) is 2.54. The van der Waals surface area contributed by atoms with Gasteiger partial charge in [-0.2, -0.15) is 0 Å². The van der Waals surface area contributed by atoms with E-state index in [1.165, 1.54) is 4.90 Å². The lowest BCUT2D eigenvalue weighted by Crippen LogP contribution is -2.42. The lowest BCUT2D eigenvalue weighted by Gasteiger charge is -2.29. The van der Waals surface area contributed by atoms with E-state index in [0.717, 1.165) is 11.1 Å². The highest BCUT2D eigenvalue weighted by molar-refractivity contribution is 6.29. The highest BCUT2D eigenvalue weighted by atomic mass is 35.5. The van der Waals surface area contributed by atoms with Crippen LogP contribution in [-0.4, -0.2) is 23.9 Å². The molecule has 0 bridgehead atoms. The Balaban J connectivity index is 2.51. The van der Waals surface area contributed by atoms with Crippen LogP contribution in [0.15, 0.2) is 18.2 Å². The van der Waals surface area contributed by atoms with Crippen LogP contribution in [0.25, 0.3) is 0 Å². The van der Waals surface area contributed by atoms with Crippen LogP contribution < -0.4 is 4.90 Å². The van der Waals surface area contributed by atoms with Gasteiger partial charge in [0.2, 0.25) is 5.91 Å². The number of benzene rings is 1. The molecule has 1 heterocycles. The molecule has 1 amide bonds. The summed E-state index contributed by atoms with van der Waals surface area (Å²) in [6, 6.07) is 5.46. The molecule has 102 valence electrons. The number of ether oxygens (including phenoxy) is 1. The Morgan fingerprint density at radius 3 is 2.63 bits per heavy atom. The fourth-order valence-corrected chi connectivity index (χ4v) is 2.39. The van der Waals surface area contributed by atoms with Gasteiger partial charge >= 0.3 is 5.97 Å². The maximum Gasteiger partial charge on any atom is 0.307 e. The second-order valence-corrected chi connectivity index (χ2v) is 4.68. The smallest absolute Gasteiger partial charge is 0.307 e. The standard InChI is InChI=1S/C14H16ClNO3/c1-9-4-3-5-10(2)14(9)16(11(17)8-15)12-6-7-13(18)19-12/h3-5,12H,6-8H2,1-2H3/i8D2. The molecule has 1 aliphatic rings. The summed E-state index contributed by atoms with van der Waals surface area (Å²) < 4.78 is 20.1. The summed E-state index contributed by atoms with van der Waals surface area (Å²) in [5, 5.41) is 0. The number of alkyl halides is 1. The van der Waals surface area contributed by atoms with E-state index in [0.29, 0.717) is 12.1 Å². The van der Waals surface area contributed by atoms with Crippen LogP contribution in [0.3, 0.4) is 0 Å². The van der Waals surface area contributed by atoms with Gasteiger partial charge in [-0.3, -0.25) is 14.5 Å². The minimum atomic E-state index is -2.57. The van der Waals surface area contributed by atoms with Crippen LogP contribution in [0, 0.1) is 13.8 Å². The summed E-state index contributed by atoms with van der Waals surface area (Å²) in [5.74, 6) is -3.90. The number of carbonyl (C=O) groups excluding carboxylic acids is 2. The average Bonchev–Trinajstić information content (AvgIpc) is 2.78. The molecule has 1 saturated heterocycles. The van der Waals surface area contributed by atoms with Crippen molar-refractivity contribution >= 4 is 29.2 Å². The monoisotopic (exact) mass is 283 g/mol. The molecular weight excluding hydrogens is 266 g/mol. The highest BCUT2D eigenvalue weighted by Crippen LogP contribution is 2.30. The number of nitrogens with zero attached hydrogens (tertiary/aromatic N) is 1. The molecule has 0 spiro atoms. The molecule has 0 aromatic heterocycles. The van der Waals surface area contributed by atoms with Gasteiger partial charge in [0.25, 0.3) is 0 Å². The van der Waals surface area contributed by atoms with Crippen LogP contribution in [-0.2, 0) is 14.3 Å². The molecule has 5 heteroatoms. The lowest BCUT2D eigenvalue weighted by molar-refractivity contribution is -0.142. The minimum absolute atomic E-state index is 0.199. The summed E-state index contributed by atoms with van der Waals surface area (Å²) in [4.78, 5) is 24.9. The van der Waals surface area contributed by atoms with Crippen LogP contribution in [0.2, 0.25) is 0 Å². The molecular formula is C14H16ClNO3. The number of carbonyl (C=O) groups is 2. The van der Waals surface area contributed by atoms with Gasteiger partial charge < -0.3 is 4.74 Å². The van der Waals surface area contributed by atoms with E-state index in [9.17, 15) is 9.59 Å². The van der Waals surface area contributed by atoms with Crippen molar-refractivity contribution in [3.8, 4) is 0 Å². The number of anilines is 1. The van der Waals surface area contributed by atoms with E-state index < -0.39 is 23.9 Å². The van der Waals surface area contributed by atoms with E-state index in [1.807, 2.05) is 32.0 Å². The molecule has 0 aliphatic carbocycles. The summed E-state index contributed by atoms with van der Waals surface area (Å²) in [5.41, 5.74) is 2.10. The molecule has 0 N–H and O–H groups in total. The zero-order valence-electron chi connectivity index (χ0n) is 12.8. The first-order valence-corrected chi connectivity index (χ1v) is 6.38. The predicted molar refractivity (Wildman–Crippen MR) is 73.2 cm³/mol. The number of halogens is 1. The van der Waals surface area contributed by atoms with Gasteiger partial charge in [0, 0.05) is 6.42 Å². The molecule has 0 saturated carbocycles. The molecule has 2 rings (SSSR count). The van der Waals surface area contributed by atoms with Crippen molar-refractivity contribution in [2.75, 3.05) is 10.7 Å². The molecule has 1 aliphatic heterocycles. The molecule has 1 atom stereocenters. The second-order valence-electron chi connectivity index (χ2n) is 4.49. The molecule has 1 aromatic rings. The lowest BCUT2D eigenvalue weighted by atomic mass is 10.1. The van der Waals surface area contributed by atoms with Gasteiger partial charge in [0.15, 0.2) is 6.23 Å². The number of esters is 1. The Kier molecular flexibility index (Phi) is 3.34. The van der Waals surface area contributed by atoms with E-state index in [-0.39, 0.29) is 6.42 Å². The maximum atomic E-state index is 12.4. The Hall–Kier alpha value is -1.55. The fourth-order valence-electron chi connectivity index (χ4n) is 2.30. The molecule has 1 aromatic carbocycles. The van der Waals surface area contributed by atoms with Crippen LogP contribution in [0.5, 0.6) is 0 Å². The van der Waals surface area contributed by atoms with Gasteiger partial charge in [-0.15, -0.1) is 11.6 Å². The van der Waals surface area contributed by atoms with Crippen LogP contribution in [0.1, 0.15) is 26.7 Å². The second kappa shape index (κ2) is 5.61. The Morgan fingerprint density at radius 1 is 1.53 bits per heavy atom. The Labute approximate surface area is 120 Å². The molecule has 1 unspecified atom stereocenters. The highest BCUT2D eigenvalue weighted by Gasteiger charge is 2.34. The average molecular weight is 284 g/mol. The first-order valence-electron chi connectivity index (χ1n) is 7.00. The van der Waals surface area contributed by atoms with E-state index >= 15 is 0 Å². The van der Waals surface area contributed by atoms with E-state index in [2.05, 4.69) is 0 Å². The van der Waals surface area contributed by atoms with Gasteiger partial charge in [0.05, 0.1) is 14.8 Å². The summed E-state index contributed by atoms with van der Waals surface area (Å²) in [6.07, 6.45) is -0.297. The number of amides is 1. The quantitative estimate of drug-likeness (QED) is 0.633. The van der Waals surface area contributed by atoms with Crippen molar-refractivity contribution in [1.82, 2.24) is 0 Å². The van der Waals surface area contributed by atoms with Gasteiger partial charge in [-0.1, -0.05) is 18.2 Å². The van der Waals surface area contributed by atoms with Crippen LogP contribution >= 0.6 is 11.6 Å². The van der Waals surface area contributed by atoms with Crippen molar-refractivity contribution in [3.05, 3.63) is 29.3 Å². The Morgan fingerprint density at radius 2 is 2.16 bits per heavy atom. The summed E-state index contributed by atoms with van der Waals surface area (Å²) >= 11 is 5.55. The first kappa shape index (κ1) is 11.3. The van der Waals surface area contributed by atoms with E-state index in [4.69, 9.17) is 19.1 Å². The largest absolute Gasteiger partial charge is 0.441 e. The van der Waals surface area contributed by atoms with Gasteiger partial charge in [-0.25, -0.2) is 0 Å². The normalized spacial score (nSPS) is 20.6. The zero-order valence-corrected chi connectivity index (χ0v) is 11.5. The third-order valence-electron chi connectivity index (χ3n) is 3.13. The van der Waals surface area contributed by atoms with Crippen molar-refractivity contribution < 1.29 is 17.1 Å². The number of hydrogen-bond donors (Lipinski definition) is 0.